The maximum Gasteiger partial charge on any atom is 0.273 e. The molecule has 1 heterocycles. The Balaban J connectivity index is 2.02. The number of nitrogens with zero attached hydrogens (tertiary/aromatic N) is 1. The number of aryl methyl sites for hydroxylation is 1. The number of non-ortho nitro benzene ring substituents is 1. The molecule has 2 aromatic rings. The van der Waals surface area contributed by atoms with Crippen molar-refractivity contribution in [3.8, 4) is 5.75 Å². The van der Waals surface area contributed by atoms with Crippen molar-refractivity contribution in [2.45, 2.75) is 26.4 Å². The third kappa shape index (κ3) is 4.03. The standard InChI is InChI=1S/C15H18N2O3S/c1-3-12-4-5-21-15(12)10-16-9-11-6-13(17(18)19)8-14(7-11)20-2/h4-8,16H,3,9-10H2,1-2H3. The number of nitro benzene ring substituents is 1. The second-order valence-corrected chi connectivity index (χ2v) is 5.62. The van der Waals surface area contributed by atoms with Crippen LogP contribution in [0.5, 0.6) is 5.75 Å². The van der Waals surface area contributed by atoms with Crippen LogP contribution >= 0.6 is 11.3 Å². The molecule has 6 heteroatoms. The first kappa shape index (κ1) is 15.5. The van der Waals surface area contributed by atoms with Crippen LogP contribution in [-0.4, -0.2) is 12.0 Å². The van der Waals surface area contributed by atoms with Gasteiger partial charge in [0.15, 0.2) is 0 Å². The van der Waals surface area contributed by atoms with Gasteiger partial charge in [-0.15, -0.1) is 11.3 Å². The van der Waals surface area contributed by atoms with E-state index in [-0.39, 0.29) is 5.69 Å². The first-order valence-corrected chi connectivity index (χ1v) is 7.60. The van der Waals surface area contributed by atoms with E-state index < -0.39 is 4.92 Å². The summed E-state index contributed by atoms with van der Waals surface area (Å²) in [6.45, 7) is 3.47. The maximum absolute atomic E-state index is 10.9. The summed E-state index contributed by atoms with van der Waals surface area (Å²) in [7, 11) is 1.51. The molecule has 21 heavy (non-hydrogen) atoms. The van der Waals surface area contributed by atoms with Gasteiger partial charge in [-0.2, -0.15) is 0 Å². The van der Waals surface area contributed by atoms with Crippen molar-refractivity contribution in [3.05, 3.63) is 55.8 Å². The van der Waals surface area contributed by atoms with E-state index in [4.69, 9.17) is 4.74 Å². The van der Waals surface area contributed by atoms with Crippen LogP contribution in [0.15, 0.2) is 29.6 Å². The van der Waals surface area contributed by atoms with Gasteiger partial charge < -0.3 is 10.1 Å². The summed E-state index contributed by atoms with van der Waals surface area (Å²) >= 11 is 1.73. The van der Waals surface area contributed by atoms with Crippen LogP contribution in [0.25, 0.3) is 0 Å². The average molecular weight is 306 g/mol. The Hall–Kier alpha value is -1.92. The van der Waals surface area contributed by atoms with Gasteiger partial charge in [-0.05, 0) is 35.1 Å². The quantitative estimate of drug-likeness (QED) is 0.628. The summed E-state index contributed by atoms with van der Waals surface area (Å²) in [4.78, 5) is 11.8. The Morgan fingerprint density at radius 2 is 2.14 bits per heavy atom. The lowest BCUT2D eigenvalue weighted by Crippen LogP contribution is -2.13. The smallest absolute Gasteiger partial charge is 0.273 e. The summed E-state index contributed by atoms with van der Waals surface area (Å²) in [6, 6.07) is 6.95. The molecule has 0 bridgehead atoms. The van der Waals surface area contributed by atoms with Crippen molar-refractivity contribution in [3.63, 3.8) is 0 Å². The number of nitro groups is 1. The minimum absolute atomic E-state index is 0.0523. The minimum atomic E-state index is -0.402. The molecule has 0 unspecified atom stereocenters. The van der Waals surface area contributed by atoms with Gasteiger partial charge in [-0.1, -0.05) is 6.92 Å². The molecule has 0 spiro atoms. The van der Waals surface area contributed by atoms with Gasteiger partial charge in [-0.25, -0.2) is 0 Å². The van der Waals surface area contributed by atoms with Crippen molar-refractivity contribution < 1.29 is 9.66 Å². The van der Waals surface area contributed by atoms with Crippen LogP contribution in [0.3, 0.4) is 0 Å². The molecule has 5 nitrogen and oxygen atoms in total. The topological polar surface area (TPSA) is 64.4 Å². The second-order valence-electron chi connectivity index (χ2n) is 4.62. The van der Waals surface area contributed by atoms with Crippen molar-refractivity contribution in [2.75, 3.05) is 7.11 Å². The van der Waals surface area contributed by atoms with Gasteiger partial charge in [0.2, 0.25) is 0 Å². The Morgan fingerprint density at radius 1 is 1.33 bits per heavy atom. The number of benzene rings is 1. The van der Waals surface area contributed by atoms with Crippen LogP contribution in [0.4, 0.5) is 5.69 Å². The lowest BCUT2D eigenvalue weighted by Gasteiger charge is -2.07. The van der Waals surface area contributed by atoms with Crippen LogP contribution in [0.2, 0.25) is 0 Å². The van der Waals surface area contributed by atoms with Crippen molar-refractivity contribution >= 4 is 17.0 Å². The van der Waals surface area contributed by atoms with Crippen LogP contribution in [-0.2, 0) is 19.5 Å². The number of thiophene rings is 1. The fourth-order valence-electron chi connectivity index (χ4n) is 2.13. The highest BCUT2D eigenvalue weighted by Gasteiger charge is 2.10. The SMILES string of the molecule is CCc1ccsc1CNCc1cc(OC)cc([N+](=O)[O-])c1. The van der Waals surface area contributed by atoms with E-state index in [1.807, 2.05) is 6.07 Å². The lowest BCUT2D eigenvalue weighted by molar-refractivity contribution is -0.385. The summed E-state index contributed by atoms with van der Waals surface area (Å²) in [5.74, 6) is 0.506. The van der Waals surface area contributed by atoms with Crippen LogP contribution < -0.4 is 10.1 Å². The number of hydrogen-bond donors (Lipinski definition) is 1. The monoisotopic (exact) mass is 306 g/mol. The Kier molecular flexibility index (Phi) is 5.30. The van der Waals surface area contributed by atoms with E-state index in [0.29, 0.717) is 12.3 Å². The number of hydrogen-bond acceptors (Lipinski definition) is 5. The molecule has 0 fully saturated rings. The number of nitrogens with one attached hydrogen (secondary N) is 1. The van der Waals surface area contributed by atoms with E-state index in [1.165, 1.54) is 23.6 Å². The molecule has 0 aliphatic rings. The predicted octanol–water partition coefficient (Wildman–Crippen LogP) is 3.52. The number of ether oxygens (including phenoxy) is 1. The molecule has 112 valence electrons. The average Bonchev–Trinajstić information content (AvgIpc) is 2.94. The van der Waals surface area contributed by atoms with Gasteiger partial charge >= 0.3 is 0 Å². The highest BCUT2D eigenvalue weighted by Crippen LogP contribution is 2.23. The molecule has 1 aromatic carbocycles. The Labute approximate surface area is 127 Å². The Morgan fingerprint density at radius 3 is 2.81 bits per heavy atom. The highest BCUT2D eigenvalue weighted by molar-refractivity contribution is 7.10. The molecule has 0 aliphatic heterocycles. The zero-order chi connectivity index (χ0) is 15.2. The molecule has 1 N–H and O–H groups in total. The van der Waals surface area contributed by atoms with Gasteiger partial charge in [0.1, 0.15) is 5.75 Å². The van der Waals surface area contributed by atoms with Crippen LogP contribution in [0.1, 0.15) is 22.9 Å². The molecule has 0 amide bonds. The van der Waals surface area contributed by atoms with Crippen molar-refractivity contribution in [1.29, 1.82) is 0 Å². The summed E-state index contributed by atoms with van der Waals surface area (Å²) < 4.78 is 5.10. The van der Waals surface area contributed by atoms with Gasteiger partial charge in [-0.3, -0.25) is 10.1 Å². The van der Waals surface area contributed by atoms with Crippen molar-refractivity contribution in [2.24, 2.45) is 0 Å². The first-order valence-electron chi connectivity index (χ1n) is 6.72. The second kappa shape index (κ2) is 7.19. The normalized spacial score (nSPS) is 10.6. The summed E-state index contributed by atoms with van der Waals surface area (Å²) in [5.41, 5.74) is 2.25. The Bertz CT molecular complexity index is 625. The highest BCUT2D eigenvalue weighted by atomic mass is 32.1. The molecular weight excluding hydrogens is 288 g/mol. The van der Waals surface area contributed by atoms with Crippen LogP contribution in [0, 0.1) is 10.1 Å². The zero-order valence-corrected chi connectivity index (χ0v) is 12.9. The number of rotatable bonds is 7. The zero-order valence-electron chi connectivity index (χ0n) is 12.1. The van der Waals surface area contributed by atoms with E-state index in [1.54, 1.807) is 17.4 Å². The largest absolute Gasteiger partial charge is 0.496 e. The van der Waals surface area contributed by atoms with E-state index in [9.17, 15) is 10.1 Å². The fourth-order valence-corrected chi connectivity index (χ4v) is 3.07. The van der Waals surface area contributed by atoms with Crippen molar-refractivity contribution in [1.82, 2.24) is 5.32 Å². The lowest BCUT2D eigenvalue weighted by atomic mass is 10.1. The molecule has 0 aliphatic carbocycles. The third-order valence-electron chi connectivity index (χ3n) is 3.23. The molecule has 1 aromatic heterocycles. The van der Waals surface area contributed by atoms with E-state index in [0.717, 1.165) is 18.5 Å². The minimum Gasteiger partial charge on any atom is -0.496 e. The maximum atomic E-state index is 10.9. The molecule has 0 saturated heterocycles. The molecule has 0 radical (unpaired) electrons. The van der Waals surface area contributed by atoms with Gasteiger partial charge in [0.25, 0.3) is 5.69 Å². The van der Waals surface area contributed by atoms with Gasteiger partial charge in [0.05, 0.1) is 18.1 Å². The molecule has 0 saturated carbocycles. The molecular formula is C15H18N2O3S. The van der Waals surface area contributed by atoms with E-state index >= 15 is 0 Å². The predicted molar refractivity (Wildman–Crippen MR) is 83.9 cm³/mol. The van der Waals surface area contributed by atoms with Gasteiger partial charge in [0, 0.05) is 24.0 Å². The third-order valence-corrected chi connectivity index (χ3v) is 4.19. The number of methoxy groups -OCH3 is 1. The first-order chi connectivity index (χ1) is 10.1. The molecule has 2 rings (SSSR count). The fraction of sp³-hybridized carbons (Fsp3) is 0.333. The molecule has 0 atom stereocenters. The summed E-state index contributed by atoms with van der Waals surface area (Å²) in [6.07, 6.45) is 1.02. The van der Waals surface area contributed by atoms with E-state index in [2.05, 4.69) is 23.7 Å². The summed E-state index contributed by atoms with van der Waals surface area (Å²) in [5, 5.41) is 16.3.